The van der Waals surface area contributed by atoms with E-state index in [-0.39, 0.29) is 38.9 Å². The number of aryl methyl sites for hydroxylation is 1. The highest BCUT2D eigenvalue weighted by atomic mass is 35.5. The first kappa shape index (κ1) is 23.8. The second-order valence-corrected chi connectivity index (χ2v) is 8.98. The Morgan fingerprint density at radius 3 is 2.44 bits per heavy atom. The monoisotopic (exact) mass is 498 g/mol. The summed E-state index contributed by atoms with van der Waals surface area (Å²) < 4.78 is 14.5. The minimum absolute atomic E-state index is 0.116. The standard InChI is InChI=1S/C25H21Cl2FN4O2/c1-31-14-20(23(22(27)25(31)34)30-19-7-4-17(13-29)21(26)12-19)24(33)32-10-8-16(9-11-32)15-2-5-18(28)6-3-15/h2-7,12,14,16,30H,8-11H2,1H3. The molecule has 1 aliphatic rings. The molecule has 1 N–H and O–H groups in total. The summed E-state index contributed by atoms with van der Waals surface area (Å²) in [5, 5.41) is 12.3. The van der Waals surface area contributed by atoms with Crippen LogP contribution in [0.5, 0.6) is 0 Å². The van der Waals surface area contributed by atoms with Gasteiger partial charge in [-0.25, -0.2) is 4.39 Å². The van der Waals surface area contributed by atoms with E-state index in [9.17, 15) is 14.0 Å². The van der Waals surface area contributed by atoms with E-state index in [0.717, 1.165) is 18.4 Å². The van der Waals surface area contributed by atoms with Gasteiger partial charge in [0.1, 0.15) is 16.9 Å². The summed E-state index contributed by atoms with van der Waals surface area (Å²) >= 11 is 12.5. The molecule has 0 saturated carbocycles. The van der Waals surface area contributed by atoms with E-state index in [4.69, 9.17) is 28.5 Å². The van der Waals surface area contributed by atoms with Gasteiger partial charge in [-0.05, 0) is 54.7 Å². The Morgan fingerprint density at radius 2 is 1.82 bits per heavy atom. The van der Waals surface area contributed by atoms with Crippen LogP contribution in [0.4, 0.5) is 15.8 Å². The molecule has 34 heavy (non-hydrogen) atoms. The number of nitrogens with one attached hydrogen (secondary N) is 1. The van der Waals surface area contributed by atoms with E-state index in [1.165, 1.54) is 36.0 Å². The van der Waals surface area contributed by atoms with Gasteiger partial charge in [-0.1, -0.05) is 35.3 Å². The second-order valence-electron chi connectivity index (χ2n) is 8.20. The van der Waals surface area contributed by atoms with Crippen molar-refractivity contribution in [1.82, 2.24) is 9.47 Å². The van der Waals surface area contributed by atoms with E-state index in [1.54, 1.807) is 29.2 Å². The summed E-state index contributed by atoms with van der Waals surface area (Å²) in [6, 6.07) is 13.2. The fourth-order valence-corrected chi connectivity index (χ4v) is 4.64. The van der Waals surface area contributed by atoms with Crippen molar-refractivity contribution in [2.45, 2.75) is 18.8 Å². The molecule has 4 rings (SSSR count). The zero-order valence-electron chi connectivity index (χ0n) is 18.3. The lowest BCUT2D eigenvalue weighted by atomic mass is 9.89. The topological polar surface area (TPSA) is 78.1 Å². The maximum Gasteiger partial charge on any atom is 0.271 e. The van der Waals surface area contributed by atoms with Crippen LogP contribution in [0.25, 0.3) is 0 Å². The third-order valence-electron chi connectivity index (χ3n) is 6.03. The Labute approximate surface area is 206 Å². The summed E-state index contributed by atoms with van der Waals surface area (Å²) in [6.45, 7) is 1.03. The quantitative estimate of drug-likeness (QED) is 0.517. The van der Waals surface area contributed by atoms with Gasteiger partial charge >= 0.3 is 0 Å². The SMILES string of the molecule is Cn1cc(C(=O)N2CCC(c3ccc(F)cc3)CC2)c(Nc2ccc(C#N)c(Cl)c2)c(Cl)c1=O. The molecule has 1 saturated heterocycles. The van der Waals surface area contributed by atoms with Crippen molar-refractivity contribution in [3.05, 3.63) is 91.6 Å². The molecule has 3 aromatic rings. The number of hydrogen-bond donors (Lipinski definition) is 1. The van der Waals surface area contributed by atoms with Crippen LogP contribution < -0.4 is 10.9 Å². The molecule has 0 aliphatic carbocycles. The highest BCUT2D eigenvalue weighted by molar-refractivity contribution is 6.34. The zero-order valence-corrected chi connectivity index (χ0v) is 19.8. The summed E-state index contributed by atoms with van der Waals surface area (Å²) in [4.78, 5) is 27.7. The number of pyridine rings is 1. The smallest absolute Gasteiger partial charge is 0.271 e. The average molecular weight is 499 g/mol. The average Bonchev–Trinajstić information content (AvgIpc) is 2.84. The number of carbonyl (C=O) groups is 1. The van der Waals surface area contributed by atoms with Gasteiger partial charge in [0.15, 0.2) is 0 Å². The first-order valence-electron chi connectivity index (χ1n) is 10.7. The summed E-state index contributed by atoms with van der Waals surface area (Å²) in [5.41, 5.74) is 1.85. The summed E-state index contributed by atoms with van der Waals surface area (Å²) in [6.07, 6.45) is 2.95. The molecule has 9 heteroatoms. The molecule has 6 nitrogen and oxygen atoms in total. The molecule has 2 aromatic carbocycles. The predicted molar refractivity (Wildman–Crippen MR) is 130 cm³/mol. The van der Waals surface area contributed by atoms with Gasteiger partial charge in [0.2, 0.25) is 0 Å². The van der Waals surface area contributed by atoms with Crippen molar-refractivity contribution >= 4 is 40.5 Å². The molecule has 0 unspecified atom stereocenters. The lowest BCUT2D eigenvalue weighted by molar-refractivity contribution is 0.0713. The number of nitriles is 1. The van der Waals surface area contributed by atoms with Gasteiger partial charge in [0.25, 0.3) is 11.5 Å². The van der Waals surface area contributed by atoms with E-state index < -0.39 is 5.56 Å². The van der Waals surface area contributed by atoms with Crippen LogP contribution in [0.2, 0.25) is 10.0 Å². The molecule has 1 fully saturated rings. The fraction of sp³-hybridized carbons (Fsp3) is 0.240. The molecule has 2 heterocycles. The van der Waals surface area contributed by atoms with Crippen LogP contribution >= 0.6 is 23.2 Å². The lowest BCUT2D eigenvalue weighted by Gasteiger charge is -2.33. The molecule has 1 aromatic heterocycles. The van der Waals surface area contributed by atoms with Crippen molar-refractivity contribution in [1.29, 1.82) is 5.26 Å². The Kier molecular flexibility index (Phi) is 6.92. The van der Waals surface area contributed by atoms with E-state index in [2.05, 4.69) is 5.32 Å². The molecule has 0 radical (unpaired) electrons. The number of aromatic nitrogens is 1. The predicted octanol–water partition coefficient (Wildman–Crippen LogP) is 5.47. The number of anilines is 2. The largest absolute Gasteiger partial charge is 0.353 e. The van der Waals surface area contributed by atoms with Gasteiger partial charge < -0.3 is 14.8 Å². The van der Waals surface area contributed by atoms with Gasteiger partial charge in [0, 0.05) is 32.0 Å². The number of likely N-dealkylation sites (tertiary alicyclic amines) is 1. The lowest BCUT2D eigenvalue weighted by Crippen LogP contribution is -2.39. The van der Waals surface area contributed by atoms with Crippen LogP contribution in [0.15, 0.2) is 53.5 Å². The number of halogens is 3. The van der Waals surface area contributed by atoms with Gasteiger partial charge in [-0.15, -0.1) is 0 Å². The van der Waals surface area contributed by atoms with Crippen LogP contribution in [0.1, 0.15) is 40.2 Å². The first-order valence-corrected chi connectivity index (χ1v) is 11.4. The zero-order chi connectivity index (χ0) is 24.4. The maximum absolute atomic E-state index is 13.5. The number of carbonyl (C=O) groups excluding carboxylic acids is 1. The second kappa shape index (κ2) is 9.88. The highest BCUT2D eigenvalue weighted by Crippen LogP contribution is 2.32. The number of piperidine rings is 1. The Bertz CT molecular complexity index is 1340. The minimum Gasteiger partial charge on any atom is -0.353 e. The van der Waals surface area contributed by atoms with Crippen LogP contribution in [0.3, 0.4) is 0 Å². The van der Waals surface area contributed by atoms with Crippen LogP contribution in [-0.4, -0.2) is 28.5 Å². The van der Waals surface area contributed by atoms with E-state index >= 15 is 0 Å². The Balaban J connectivity index is 1.59. The molecule has 0 atom stereocenters. The van der Waals surface area contributed by atoms with Crippen molar-refractivity contribution in [3.8, 4) is 6.07 Å². The van der Waals surface area contributed by atoms with E-state index in [0.29, 0.717) is 24.3 Å². The molecule has 174 valence electrons. The number of rotatable bonds is 4. The van der Waals surface area contributed by atoms with Crippen LogP contribution in [0, 0.1) is 17.1 Å². The normalized spacial score (nSPS) is 14.0. The third-order valence-corrected chi connectivity index (χ3v) is 6.70. The van der Waals surface area contributed by atoms with Crippen molar-refractivity contribution in [2.75, 3.05) is 18.4 Å². The molecular weight excluding hydrogens is 478 g/mol. The number of hydrogen-bond acceptors (Lipinski definition) is 4. The van der Waals surface area contributed by atoms with Gasteiger partial charge in [-0.3, -0.25) is 9.59 Å². The van der Waals surface area contributed by atoms with E-state index in [1.807, 2.05) is 6.07 Å². The summed E-state index contributed by atoms with van der Waals surface area (Å²) in [7, 11) is 1.54. The Hall–Kier alpha value is -3.34. The molecule has 0 spiro atoms. The number of benzene rings is 2. The van der Waals surface area contributed by atoms with Crippen molar-refractivity contribution in [3.63, 3.8) is 0 Å². The molecule has 1 aliphatic heterocycles. The van der Waals surface area contributed by atoms with Gasteiger partial charge in [-0.2, -0.15) is 5.26 Å². The number of nitrogens with zero attached hydrogens (tertiary/aromatic N) is 3. The third kappa shape index (κ3) is 4.79. The Morgan fingerprint density at radius 1 is 1.15 bits per heavy atom. The molecule has 1 amide bonds. The highest BCUT2D eigenvalue weighted by Gasteiger charge is 2.28. The number of amides is 1. The van der Waals surface area contributed by atoms with Crippen molar-refractivity contribution < 1.29 is 9.18 Å². The minimum atomic E-state index is -0.449. The molecule has 0 bridgehead atoms. The molecular formula is C25H21Cl2FN4O2. The summed E-state index contributed by atoms with van der Waals surface area (Å²) in [5.74, 6) is -0.282. The van der Waals surface area contributed by atoms with Gasteiger partial charge in [0.05, 0.1) is 21.8 Å². The fourth-order valence-electron chi connectivity index (χ4n) is 4.13. The van der Waals surface area contributed by atoms with Crippen molar-refractivity contribution in [2.24, 2.45) is 7.05 Å². The van der Waals surface area contributed by atoms with Crippen LogP contribution in [-0.2, 0) is 7.05 Å². The maximum atomic E-state index is 13.5. The first-order chi connectivity index (χ1) is 16.3.